The van der Waals surface area contributed by atoms with E-state index in [1.165, 1.54) is 0 Å². The van der Waals surface area contributed by atoms with Gasteiger partial charge in [-0.05, 0) is 6.07 Å². The first kappa shape index (κ1) is 11.6. The molecule has 0 heterocycles. The first-order chi connectivity index (χ1) is 6.86. The molecule has 0 unspecified atom stereocenters. The van der Waals surface area contributed by atoms with Crippen molar-refractivity contribution in [2.75, 3.05) is 0 Å². The van der Waals surface area contributed by atoms with Crippen LogP contribution in [0.2, 0.25) is 0 Å². The van der Waals surface area contributed by atoms with Crippen LogP contribution in [0.15, 0.2) is 18.2 Å². The van der Waals surface area contributed by atoms with Crippen LogP contribution in [0.5, 0.6) is 0 Å². The van der Waals surface area contributed by atoms with Crippen LogP contribution in [0.25, 0.3) is 0 Å². The molecule has 0 bridgehead atoms. The molecule has 0 atom stereocenters. The Morgan fingerprint density at radius 3 is 2.20 bits per heavy atom. The van der Waals surface area contributed by atoms with Crippen LogP contribution in [0.3, 0.4) is 0 Å². The lowest BCUT2D eigenvalue weighted by molar-refractivity contribution is -0.137. The maximum atomic E-state index is 12.3. The Balaban J connectivity index is 3.32. The predicted molar refractivity (Wildman–Crippen MR) is 41.8 cm³/mol. The average Bonchev–Trinajstić information content (AvgIpc) is 2.15. The van der Waals surface area contributed by atoms with Crippen molar-refractivity contribution in [3.8, 4) is 0 Å². The van der Waals surface area contributed by atoms with Gasteiger partial charge in [0, 0.05) is 11.1 Å². The van der Waals surface area contributed by atoms with Gasteiger partial charge in [-0.1, -0.05) is 12.1 Å². The van der Waals surface area contributed by atoms with Crippen molar-refractivity contribution in [2.24, 2.45) is 0 Å². The summed E-state index contributed by atoms with van der Waals surface area (Å²) in [5.74, 6) is 0. The summed E-state index contributed by atoms with van der Waals surface area (Å²) in [5.41, 5.74) is -2.74. The Labute approximate surface area is 81.5 Å². The molecule has 0 spiro atoms. The highest BCUT2D eigenvalue weighted by molar-refractivity contribution is 5.77. The molecular weight excluding hydrogens is 219 g/mol. The van der Waals surface area contributed by atoms with E-state index in [-0.39, 0.29) is 12.4 Å². The summed E-state index contributed by atoms with van der Waals surface area (Å²) in [6.45, 7) is 0. The number of hydrogen-bond donors (Lipinski definition) is 0. The summed E-state index contributed by atoms with van der Waals surface area (Å²) < 4.78 is 61.1. The Morgan fingerprint density at radius 2 is 1.80 bits per heavy atom. The smallest absolute Gasteiger partial charge is 0.298 e. The van der Waals surface area contributed by atoms with Crippen LogP contribution in [-0.4, -0.2) is 6.29 Å². The van der Waals surface area contributed by atoms with Gasteiger partial charge < -0.3 is 0 Å². The van der Waals surface area contributed by atoms with Crippen molar-refractivity contribution in [3.63, 3.8) is 0 Å². The molecule has 1 nitrogen and oxygen atoms in total. The first-order valence-electron chi connectivity index (χ1n) is 3.80. The van der Waals surface area contributed by atoms with E-state index in [1.807, 2.05) is 0 Å². The molecule has 0 saturated carbocycles. The van der Waals surface area contributed by atoms with Gasteiger partial charge in [0.05, 0.1) is 5.56 Å². The third-order valence-electron chi connectivity index (χ3n) is 1.76. The van der Waals surface area contributed by atoms with Crippen LogP contribution in [0.4, 0.5) is 22.0 Å². The van der Waals surface area contributed by atoms with Gasteiger partial charge in [-0.15, -0.1) is 0 Å². The van der Waals surface area contributed by atoms with Gasteiger partial charge in [0.1, 0.15) is 0 Å². The van der Waals surface area contributed by atoms with E-state index in [4.69, 9.17) is 0 Å². The lowest BCUT2D eigenvalue weighted by Crippen LogP contribution is -2.09. The molecule has 0 N–H and O–H groups in total. The van der Waals surface area contributed by atoms with E-state index >= 15 is 0 Å². The second-order valence-corrected chi connectivity index (χ2v) is 2.76. The zero-order chi connectivity index (χ0) is 11.6. The van der Waals surface area contributed by atoms with Gasteiger partial charge in [-0.2, -0.15) is 13.2 Å². The minimum absolute atomic E-state index is 0.0158. The number of alkyl halides is 5. The number of rotatable bonds is 2. The van der Waals surface area contributed by atoms with Crippen molar-refractivity contribution in [1.82, 2.24) is 0 Å². The quantitative estimate of drug-likeness (QED) is 0.555. The number of benzene rings is 1. The maximum Gasteiger partial charge on any atom is 0.417 e. The molecular formula is C9H5F5O. The third kappa shape index (κ3) is 2.51. The minimum atomic E-state index is -4.80. The zero-order valence-electron chi connectivity index (χ0n) is 7.18. The summed E-state index contributed by atoms with van der Waals surface area (Å²) in [7, 11) is 0. The average molecular weight is 224 g/mol. The van der Waals surface area contributed by atoms with Gasteiger partial charge in [0.25, 0.3) is 6.43 Å². The molecule has 0 aromatic heterocycles. The highest BCUT2D eigenvalue weighted by Gasteiger charge is 2.34. The van der Waals surface area contributed by atoms with Crippen molar-refractivity contribution in [1.29, 1.82) is 0 Å². The summed E-state index contributed by atoms with van der Waals surface area (Å²) in [6.07, 6.45) is -7.81. The van der Waals surface area contributed by atoms with Crippen molar-refractivity contribution < 1.29 is 26.7 Å². The topological polar surface area (TPSA) is 17.1 Å². The molecule has 6 heteroatoms. The van der Waals surface area contributed by atoms with Crippen LogP contribution in [0.1, 0.15) is 27.9 Å². The molecule has 1 rings (SSSR count). The van der Waals surface area contributed by atoms with Gasteiger partial charge in [0.2, 0.25) is 0 Å². The molecule has 0 radical (unpaired) electrons. The van der Waals surface area contributed by atoms with Crippen LogP contribution < -0.4 is 0 Å². The second kappa shape index (κ2) is 3.96. The van der Waals surface area contributed by atoms with Crippen molar-refractivity contribution >= 4 is 6.29 Å². The standard InChI is InChI=1S/C9H5F5O/c10-8(11)5-1-2-6(4-15)7(3-5)9(12,13)14/h1-4,8H. The van der Waals surface area contributed by atoms with E-state index < -0.39 is 29.3 Å². The lowest BCUT2D eigenvalue weighted by Gasteiger charge is -2.10. The van der Waals surface area contributed by atoms with Gasteiger partial charge in [0.15, 0.2) is 6.29 Å². The fraction of sp³-hybridized carbons (Fsp3) is 0.222. The van der Waals surface area contributed by atoms with E-state index in [1.54, 1.807) is 0 Å². The highest BCUT2D eigenvalue weighted by atomic mass is 19.4. The number of carbonyl (C=O) groups excluding carboxylic acids is 1. The maximum absolute atomic E-state index is 12.3. The normalized spacial score (nSPS) is 11.9. The van der Waals surface area contributed by atoms with E-state index in [9.17, 15) is 26.7 Å². The molecule has 1 aromatic carbocycles. The minimum Gasteiger partial charge on any atom is -0.298 e. The molecule has 82 valence electrons. The monoisotopic (exact) mass is 224 g/mol. The van der Waals surface area contributed by atoms with Crippen molar-refractivity contribution in [3.05, 3.63) is 34.9 Å². The van der Waals surface area contributed by atoms with Gasteiger partial charge in [-0.25, -0.2) is 8.78 Å². The third-order valence-corrected chi connectivity index (χ3v) is 1.76. The molecule has 0 saturated heterocycles. The zero-order valence-corrected chi connectivity index (χ0v) is 7.18. The largest absolute Gasteiger partial charge is 0.417 e. The van der Waals surface area contributed by atoms with Crippen molar-refractivity contribution in [2.45, 2.75) is 12.6 Å². The second-order valence-electron chi connectivity index (χ2n) is 2.76. The molecule has 0 aliphatic rings. The highest BCUT2D eigenvalue weighted by Crippen LogP contribution is 2.33. The van der Waals surface area contributed by atoms with E-state index in [0.29, 0.717) is 0 Å². The Kier molecular flexibility index (Phi) is 3.06. The summed E-state index contributed by atoms with van der Waals surface area (Å²) in [6, 6.07) is 1.81. The Hall–Kier alpha value is -1.46. The summed E-state index contributed by atoms with van der Waals surface area (Å²) in [5, 5.41) is 0. The molecule has 0 fully saturated rings. The number of aldehydes is 1. The molecule has 1 aromatic rings. The molecule has 0 aliphatic carbocycles. The van der Waals surface area contributed by atoms with Gasteiger partial charge >= 0.3 is 6.18 Å². The molecule has 0 aliphatic heterocycles. The SMILES string of the molecule is O=Cc1ccc(C(F)F)cc1C(F)(F)F. The van der Waals surface area contributed by atoms with Crippen LogP contribution >= 0.6 is 0 Å². The number of hydrogen-bond acceptors (Lipinski definition) is 1. The molecule has 0 amide bonds. The fourth-order valence-corrected chi connectivity index (χ4v) is 1.06. The Bertz CT molecular complexity index is 369. The molecule has 15 heavy (non-hydrogen) atoms. The Morgan fingerprint density at radius 1 is 1.20 bits per heavy atom. The van der Waals surface area contributed by atoms with Crippen LogP contribution in [0, 0.1) is 0 Å². The van der Waals surface area contributed by atoms with E-state index in [0.717, 1.165) is 12.1 Å². The predicted octanol–water partition coefficient (Wildman–Crippen LogP) is 3.46. The van der Waals surface area contributed by atoms with Crippen LogP contribution in [-0.2, 0) is 6.18 Å². The first-order valence-corrected chi connectivity index (χ1v) is 3.80. The summed E-state index contributed by atoms with van der Waals surface area (Å²) >= 11 is 0. The summed E-state index contributed by atoms with van der Waals surface area (Å²) in [4.78, 5) is 10.3. The van der Waals surface area contributed by atoms with Gasteiger partial charge in [-0.3, -0.25) is 4.79 Å². The fourth-order valence-electron chi connectivity index (χ4n) is 1.06. The number of carbonyl (C=O) groups is 1. The van der Waals surface area contributed by atoms with E-state index in [2.05, 4.69) is 0 Å². The number of halogens is 5. The lowest BCUT2D eigenvalue weighted by atomic mass is 10.0.